The molecule has 0 spiro atoms. The SMILES string of the molecule is C[C@@H](CNC(=O)c1cc(F)c(F)cc1Cl)n1ccnc1. The summed E-state index contributed by atoms with van der Waals surface area (Å²) < 4.78 is 27.8. The van der Waals surface area contributed by atoms with E-state index in [2.05, 4.69) is 10.3 Å². The number of nitrogens with one attached hydrogen (secondary N) is 1. The van der Waals surface area contributed by atoms with Gasteiger partial charge in [-0.3, -0.25) is 4.79 Å². The molecular formula is C13H12ClF2N3O. The lowest BCUT2D eigenvalue weighted by atomic mass is 10.2. The summed E-state index contributed by atoms with van der Waals surface area (Å²) in [5.74, 6) is -2.75. The van der Waals surface area contributed by atoms with Gasteiger partial charge >= 0.3 is 0 Å². The number of halogens is 3. The quantitative estimate of drug-likeness (QED) is 0.883. The lowest BCUT2D eigenvalue weighted by Crippen LogP contribution is -2.29. The minimum absolute atomic E-state index is 0.0227. The summed E-state index contributed by atoms with van der Waals surface area (Å²) in [6.07, 6.45) is 5.02. The van der Waals surface area contributed by atoms with Crippen LogP contribution in [0.15, 0.2) is 30.9 Å². The smallest absolute Gasteiger partial charge is 0.252 e. The number of hydrogen-bond acceptors (Lipinski definition) is 2. The van der Waals surface area contributed by atoms with E-state index in [1.54, 1.807) is 18.7 Å². The number of hydrogen-bond donors (Lipinski definition) is 1. The van der Waals surface area contributed by atoms with Gasteiger partial charge in [0.05, 0.1) is 16.9 Å². The zero-order chi connectivity index (χ0) is 14.7. The van der Waals surface area contributed by atoms with Crippen molar-refractivity contribution in [1.29, 1.82) is 0 Å². The molecule has 106 valence electrons. The predicted molar refractivity (Wildman–Crippen MR) is 70.6 cm³/mol. The lowest BCUT2D eigenvalue weighted by molar-refractivity contribution is 0.0948. The molecule has 0 radical (unpaired) electrons. The van der Waals surface area contributed by atoms with Gasteiger partial charge in [0.25, 0.3) is 5.91 Å². The molecule has 7 heteroatoms. The Labute approximate surface area is 119 Å². The van der Waals surface area contributed by atoms with E-state index >= 15 is 0 Å². The maximum Gasteiger partial charge on any atom is 0.252 e. The van der Waals surface area contributed by atoms with E-state index in [0.29, 0.717) is 6.54 Å². The van der Waals surface area contributed by atoms with E-state index in [-0.39, 0.29) is 16.6 Å². The number of benzene rings is 1. The number of amides is 1. The first-order valence-electron chi connectivity index (χ1n) is 5.89. The summed E-state index contributed by atoms with van der Waals surface area (Å²) in [5, 5.41) is 2.49. The van der Waals surface area contributed by atoms with Crippen molar-refractivity contribution in [1.82, 2.24) is 14.9 Å². The van der Waals surface area contributed by atoms with Crippen molar-refractivity contribution in [3.05, 3.63) is 53.1 Å². The Balaban J connectivity index is 2.04. The number of nitrogens with zero attached hydrogens (tertiary/aromatic N) is 2. The van der Waals surface area contributed by atoms with Crippen LogP contribution in [0.4, 0.5) is 8.78 Å². The maximum absolute atomic E-state index is 13.1. The molecule has 2 aromatic rings. The first-order chi connectivity index (χ1) is 9.49. The van der Waals surface area contributed by atoms with Crippen LogP contribution >= 0.6 is 11.6 Å². The van der Waals surface area contributed by atoms with Gasteiger partial charge in [-0.05, 0) is 19.1 Å². The van der Waals surface area contributed by atoms with E-state index in [9.17, 15) is 13.6 Å². The highest BCUT2D eigenvalue weighted by Crippen LogP contribution is 2.20. The fourth-order valence-corrected chi connectivity index (χ4v) is 1.90. The van der Waals surface area contributed by atoms with Gasteiger partial charge in [-0.1, -0.05) is 11.6 Å². The molecule has 1 heterocycles. The van der Waals surface area contributed by atoms with Crippen molar-refractivity contribution < 1.29 is 13.6 Å². The minimum atomic E-state index is -1.11. The monoisotopic (exact) mass is 299 g/mol. The first kappa shape index (κ1) is 14.5. The number of aromatic nitrogens is 2. The van der Waals surface area contributed by atoms with Crippen molar-refractivity contribution >= 4 is 17.5 Å². The van der Waals surface area contributed by atoms with Crippen LogP contribution in [0, 0.1) is 11.6 Å². The molecule has 1 atom stereocenters. The zero-order valence-electron chi connectivity index (χ0n) is 10.6. The zero-order valence-corrected chi connectivity index (χ0v) is 11.4. The normalized spacial score (nSPS) is 12.2. The van der Waals surface area contributed by atoms with Crippen LogP contribution < -0.4 is 5.32 Å². The van der Waals surface area contributed by atoms with E-state index in [1.165, 1.54) is 0 Å². The fraction of sp³-hybridized carbons (Fsp3) is 0.231. The topological polar surface area (TPSA) is 46.9 Å². The predicted octanol–water partition coefficient (Wildman–Crippen LogP) is 2.81. The minimum Gasteiger partial charge on any atom is -0.350 e. The van der Waals surface area contributed by atoms with Crippen LogP contribution in [-0.2, 0) is 0 Å². The molecule has 0 aliphatic carbocycles. The summed E-state index contributed by atoms with van der Waals surface area (Å²) in [6.45, 7) is 2.19. The largest absolute Gasteiger partial charge is 0.350 e. The summed E-state index contributed by atoms with van der Waals surface area (Å²) in [7, 11) is 0. The van der Waals surface area contributed by atoms with Crippen LogP contribution in [0.3, 0.4) is 0 Å². The summed E-state index contributed by atoms with van der Waals surface area (Å²) in [4.78, 5) is 15.8. The second-order valence-electron chi connectivity index (χ2n) is 4.32. The Morgan fingerprint density at radius 1 is 1.45 bits per heavy atom. The second-order valence-corrected chi connectivity index (χ2v) is 4.72. The van der Waals surface area contributed by atoms with Gasteiger partial charge in [0.2, 0.25) is 0 Å². The van der Waals surface area contributed by atoms with E-state index in [1.807, 2.05) is 11.5 Å². The van der Waals surface area contributed by atoms with Gasteiger partial charge in [0.1, 0.15) is 0 Å². The molecular weight excluding hydrogens is 288 g/mol. The molecule has 0 aliphatic heterocycles. The molecule has 0 saturated heterocycles. The second kappa shape index (κ2) is 6.00. The Morgan fingerprint density at radius 2 is 2.15 bits per heavy atom. The number of carbonyl (C=O) groups is 1. The molecule has 0 aliphatic rings. The average molecular weight is 300 g/mol. The Morgan fingerprint density at radius 3 is 2.80 bits per heavy atom. The molecule has 1 aromatic carbocycles. The number of rotatable bonds is 4. The van der Waals surface area contributed by atoms with Crippen LogP contribution in [0.25, 0.3) is 0 Å². The van der Waals surface area contributed by atoms with Crippen molar-refractivity contribution in [3.63, 3.8) is 0 Å². The van der Waals surface area contributed by atoms with Gasteiger partial charge in [-0.2, -0.15) is 0 Å². The molecule has 0 bridgehead atoms. The molecule has 1 aromatic heterocycles. The molecule has 0 fully saturated rings. The molecule has 0 saturated carbocycles. The van der Waals surface area contributed by atoms with E-state index in [4.69, 9.17) is 11.6 Å². The average Bonchev–Trinajstić information content (AvgIpc) is 2.94. The molecule has 4 nitrogen and oxygen atoms in total. The first-order valence-corrected chi connectivity index (χ1v) is 6.27. The van der Waals surface area contributed by atoms with E-state index in [0.717, 1.165) is 12.1 Å². The Bertz CT molecular complexity index is 616. The molecule has 20 heavy (non-hydrogen) atoms. The summed E-state index contributed by atoms with van der Waals surface area (Å²) in [5.41, 5.74) is -0.0941. The van der Waals surface area contributed by atoms with Gasteiger partial charge in [0.15, 0.2) is 11.6 Å². The molecule has 1 N–H and O–H groups in total. The van der Waals surface area contributed by atoms with Crippen molar-refractivity contribution in [2.75, 3.05) is 6.54 Å². The molecule has 0 unspecified atom stereocenters. The van der Waals surface area contributed by atoms with Crippen LogP contribution in [0.5, 0.6) is 0 Å². The van der Waals surface area contributed by atoms with Gasteiger partial charge in [-0.15, -0.1) is 0 Å². The van der Waals surface area contributed by atoms with Crippen molar-refractivity contribution in [2.45, 2.75) is 13.0 Å². The van der Waals surface area contributed by atoms with Crippen LogP contribution in [0.1, 0.15) is 23.3 Å². The highest BCUT2D eigenvalue weighted by molar-refractivity contribution is 6.33. The highest BCUT2D eigenvalue weighted by Gasteiger charge is 2.15. The van der Waals surface area contributed by atoms with Gasteiger partial charge in [-0.25, -0.2) is 13.8 Å². The third-order valence-corrected chi connectivity index (χ3v) is 3.16. The molecule has 2 rings (SSSR count). The Kier molecular flexibility index (Phi) is 4.34. The Hall–Kier alpha value is -1.95. The standard InChI is InChI=1S/C13H12ClF2N3O/c1-8(19-3-2-17-7-19)6-18-13(20)9-4-11(15)12(16)5-10(9)14/h2-5,7-8H,6H2,1H3,(H,18,20)/t8-/m0/s1. The van der Waals surface area contributed by atoms with Crippen LogP contribution in [-0.4, -0.2) is 22.0 Å². The highest BCUT2D eigenvalue weighted by atomic mass is 35.5. The fourth-order valence-electron chi connectivity index (χ4n) is 1.67. The van der Waals surface area contributed by atoms with Gasteiger partial charge in [0, 0.05) is 25.0 Å². The van der Waals surface area contributed by atoms with Crippen molar-refractivity contribution in [3.8, 4) is 0 Å². The third kappa shape index (κ3) is 3.14. The maximum atomic E-state index is 13.1. The van der Waals surface area contributed by atoms with E-state index < -0.39 is 17.5 Å². The summed E-state index contributed by atoms with van der Waals surface area (Å²) >= 11 is 5.73. The van der Waals surface area contributed by atoms with Gasteiger partial charge < -0.3 is 9.88 Å². The number of carbonyl (C=O) groups excluding carboxylic acids is 1. The third-order valence-electron chi connectivity index (χ3n) is 2.85. The van der Waals surface area contributed by atoms with Crippen molar-refractivity contribution in [2.24, 2.45) is 0 Å². The number of imidazole rings is 1. The van der Waals surface area contributed by atoms with Crippen LogP contribution in [0.2, 0.25) is 5.02 Å². The molecule has 1 amide bonds. The summed E-state index contributed by atoms with van der Waals surface area (Å²) in [6, 6.07) is 1.55. The lowest BCUT2D eigenvalue weighted by Gasteiger charge is -2.14.